The second kappa shape index (κ2) is 11.7. The first-order valence-electron chi connectivity index (χ1n) is 13.4. The van der Waals surface area contributed by atoms with Crippen LogP contribution in [0.5, 0.6) is 0 Å². The number of piperidine rings is 1. The van der Waals surface area contributed by atoms with E-state index >= 15 is 0 Å². The van der Waals surface area contributed by atoms with E-state index in [1.165, 1.54) is 0 Å². The maximum absolute atomic E-state index is 13.8. The number of aromatic nitrogens is 1. The molecule has 1 unspecified atom stereocenters. The Morgan fingerprint density at radius 2 is 1.85 bits per heavy atom. The summed E-state index contributed by atoms with van der Waals surface area (Å²) in [6.07, 6.45) is 1.40. The molecule has 39 heavy (non-hydrogen) atoms. The summed E-state index contributed by atoms with van der Waals surface area (Å²) in [6, 6.07) is 3.72. The van der Waals surface area contributed by atoms with Gasteiger partial charge >= 0.3 is 0 Å². The summed E-state index contributed by atoms with van der Waals surface area (Å²) in [5, 5.41) is 9.54. The number of fused-ring (bicyclic) bond motifs is 1. The SMILES string of the molecule is BC(B)(B)OC(c1cc(Cl)c2c(c1Cl)C(=O)N(Cc1c(C)cc(C)[nH]c1=O)CC2)C1CCN(C(=O)CO)CC1. The number of rotatable bonds is 7. The number of aromatic amines is 1. The van der Waals surface area contributed by atoms with Gasteiger partial charge in [0.25, 0.3) is 11.5 Å². The molecule has 0 radical (unpaired) electrons. The molecule has 0 aliphatic carbocycles. The van der Waals surface area contributed by atoms with E-state index in [2.05, 4.69) is 4.98 Å². The predicted molar refractivity (Wildman–Crippen MR) is 160 cm³/mol. The lowest BCUT2D eigenvalue weighted by Crippen LogP contribution is -2.44. The topological polar surface area (TPSA) is 103 Å². The smallest absolute Gasteiger partial charge is 0.256 e. The summed E-state index contributed by atoms with van der Waals surface area (Å²) in [4.78, 5) is 44.6. The third kappa shape index (κ3) is 6.42. The first kappa shape index (κ1) is 29.8. The maximum Gasteiger partial charge on any atom is 0.256 e. The van der Waals surface area contributed by atoms with Gasteiger partial charge in [-0.3, -0.25) is 14.4 Å². The van der Waals surface area contributed by atoms with E-state index < -0.39 is 18.0 Å². The van der Waals surface area contributed by atoms with Gasteiger partial charge in [0.05, 0.1) is 23.2 Å². The Hall–Kier alpha value is -2.20. The molecule has 2 amide bonds. The van der Waals surface area contributed by atoms with Crippen LogP contribution in [-0.4, -0.2) is 86.8 Å². The lowest BCUT2D eigenvalue weighted by atomic mass is 9.52. The van der Waals surface area contributed by atoms with Crippen LogP contribution in [0, 0.1) is 19.8 Å². The Morgan fingerprint density at radius 3 is 2.44 bits per heavy atom. The van der Waals surface area contributed by atoms with Gasteiger partial charge in [-0.15, -0.1) is 0 Å². The van der Waals surface area contributed by atoms with Crippen molar-refractivity contribution in [2.45, 2.75) is 51.1 Å². The average Bonchev–Trinajstić information content (AvgIpc) is 2.86. The number of H-pyrrole nitrogens is 1. The van der Waals surface area contributed by atoms with Crippen LogP contribution in [-0.2, 0) is 22.5 Å². The molecule has 0 spiro atoms. The number of pyridine rings is 1. The zero-order valence-electron chi connectivity index (χ0n) is 23.2. The number of carbonyl (C=O) groups excluding carboxylic acids is 2. The third-order valence-corrected chi connectivity index (χ3v) is 8.31. The average molecular weight is 572 g/mol. The highest BCUT2D eigenvalue weighted by atomic mass is 35.5. The Morgan fingerprint density at radius 1 is 1.18 bits per heavy atom. The number of likely N-dealkylation sites (tertiary alicyclic amines) is 1. The monoisotopic (exact) mass is 571 g/mol. The van der Waals surface area contributed by atoms with Gasteiger partial charge in [-0.25, -0.2) is 0 Å². The van der Waals surface area contributed by atoms with Gasteiger partial charge in [0.15, 0.2) is 0 Å². The Bertz CT molecular complexity index is 1340. The first-order valence-corrected chi connectivity index (χ1v) is 14.1. The highest BCUT2D eigenvalue weighted by molar-refractivity contribution is 6.58. The molecule has 1 atom stereocenters. The van der Waals surface area contributed by atoms with Gasteiger partial charge in [0.2, 0.25) is 5.91 Å². The Balaban J connectivity index is 1.69. The highest BCUT2D eigenvalue weighted by Gasteiger charge is 2.37. The summed E-state index contributed by atoms with van der Waals surface area (Å²) in [5.74, 6) is -0.519. The molecule has 1 saturated heterocycles. The van der Waals surface area contributed by atoms with Crippen LogP contribution in [0.1, 0.15) is 57.3 Å². The number of halogens is 2. The van der Waals surface area contributed by atoms with Gasteiger partial charge in [0.1, 0.15) is 30.1 Å². The van der Waals surface area contributed by atoms with Crippen LogP contribution in [0.25, 0.3) is 0 Å². The molecule has 1 fully saturated rings. The van der Waals surface area contributed by atoms with Crippen molar-refractivity contribution in [1.82, 2.24) is 14.8 Å². The molecule has 13 heteroatoms. The number of benzene rings is 1. The largest absolute Gasteiger partial charge is 0.392 e. The third-order valence-electron chi connectivity index (χ3n) is 7.56. The lowest BCUT2D eigenvalue weighted by Gasteiger charge is -2.40. The fourth-order valence-corrected chi connectivity index (χ4v) is 6.29. The van der Waals surface area contributed by atoms with Crippen LogP contribution in [0.3, 0.4) is 0 Å². The number of nitrogens with one attached hydrogen (secondary N) is 1. The number of hydrogen-bond acceptors (Lipinski definition) is 5. The van der Waals surface area contributed by atoms with Crippen molar-refractivity contribution in [2.24, 2.45) is 5.92 Å². The molecule has 206 valence electrons. The van der Waals surface area contributed by atoms with Crippen molar-refractivity contribution in [1.29, 1.82) is 0 Å². The molecular weight excluding hydrogens is 538 g/mol. The summed E-state index contributed by atoms with van der Waals surface area (Å²) in [6.45, 7) is 4.79. The summed E-state index contributed by atoms with van der Waals surface area (Å²) in [5.41, 5.74) is 3.68. The molecule has 8 nitrogen and oxygen atoms in total. The zero-order valence-corrected chi connectivity index (χ0v) is 24.7. The Labute approximate surface area is 241 Å². The zero-order chi connectivity index (χ0) is 28.6. The van der Waals surface area contributed by atoms with E-state index in [4.69, 9.17) is 27.9 Å². The molecule has 3 heterocycles. The van der Waals surface area contributed by atoms with Crippen molar-refractivity contribution in [3.05, 3.63) is 66.0 Å². The number of aliphatic hydroxyl groups excluding tert-OH is 1. The van der Waals surface area contributed by atoms with E-state index in [-0.39, 0.29) is 29.8 Å². The van der Waals surface area contributed by atoms with Crippen LogP contribution in [0.4, 0.5) is 0 Å². The summed E-state index contributed by atoms with van der Waals surface area (Å²) >= 11 is 13.8. The van der Waals surface area contributed by atoms with Crippen LogP contribution >= 0.6 is 23.2 Å². The molecule has 0 bridgehead atoms. The van der Waals surface area contributed by atoms with E-state index in [0.717, 1.165) is 11.3 Å². The second-order valence-electron chi connectivity index (χ2n) is 11.6. The lowest BCUT2D eigenvalue weighted by molar-refractivity contribution is -0.136. The summed E-state index contributed by atoms with van der Waals surface area (Å²) < 4.78 is 6.55. The number of ether oxygens (including phenoxy) is 1. The van der Waals surface area contributed by atoms with E-state index in [9.17, 15) is 19.5 Å². The molecule has 1 aromatic carbocycles. The standard InChI is InChI=1S/C26H34B3Cl2N3O5/c1-13-9-14(2)32-24(37)18(13)11-34-8-5-16-19(30)10-17(22(31)21(16)25(34)38)23(39-26(27,28)29)15-3-6-33(7-4-15)20(36)12-35/h9-10,15,23,35H,3-8,11-12,27-29H2,1-2H3,(H,32,37). The minimum Gasteiger partial charge on any atom is -0.392 e. The van der Waals surface area contributed by atoms with Gasteiger partial charge < -0.3 is 24.6 Å². The van der Waals surface area contributed by atoms with Gasteiger partial charge in [0, 0.05) is 41.5 Å². The fraction of sp³-hybridized carbons (Fsp3) is 0.500. The van der Waals surface area contributed by atoms with Crippen LogP contribution < -0.4 is 5.56 Å². The van der Waals surface area contributed by atoms with Crippen LogP contribution in [0.2, 0.25) is 10.0 Å². The number of nitrogens with zero attached hydrogens (tertiary/aromatic N) is 2. The molecule has 2 aliphatic rings. The maximum atomic E-state index is 13.8. The van der Waals surface area contributed by atoms with Crippen molar-refractivity contribution >= 4 is 58.6 Å². The van der Waals surface area contributed by atoms with Crippen molar-refractivity contribution in [2.75, 3.05) is 26.2 Å². The predicted octanol–water partition coefficient (Wildman–Crippen LogP) is 0.296. The quantitative estimate of drug-likeness (QED) is 0.466. The van der Waals surface area contributed by atoms with Gasteiger partial charge in [-0.1, -0.05) is 23.2 Å². The number of hydrogen-bond donors (Lipinski definition) is 2. The van der Waals surface area contributed by atoms with Crippen molar-refractivity contribution in [3.63, 3.8) is 0 Å². The van der Waals surface area contributed by atoms with E-state index in [0.29, 0.717) is 71.2 Å². The van der Waals surface area contributed by atoms with E-state index in [1.54, 1.807) is 9.80 Å². The van der Waals surface area contributed by atoms with Gasteiger partial charge in [-0.2, -0.15) is 0 Å². The Kier molecular flexibility index (Phi) is 8.96. The fourth-order valence-electron chi connectivity index (χ4n) is 5.63. The number of aryl methyl sites for hydroxylation is 2. The molecule has 2 aliphatic heterocycles. The number of amides is 2. The first-order chi connectivity index (χ1) is 18.3. The van der Waals surface area contributed by atoms with Crippen molar-refractivity contribution < 1.29 is 19.4 Å². The normalized spacial score (nSPS) is 17.3. The number of carbonyl (C=O) groups is 2. The molecule has 1 aromatic heterocycles. The minimum absolute atomic E-state index is 0.0298. The molecule has 2 N–H and O–H groups in total. The highest BCUT2D eigenvalue weighted by Crippen LogP contribution is 2.43. The molecule has 4 rings (SSSR count). The number of aliphatic hydroxyl groups is 1. The van der Waals surface area contributed by atoms with E-state index in [1.807, 2.05) is 49.5 Å². The summed E-state index contributed by atoms with van der Waals surface area (Å²) in [7, 11) is 5.89. The minimum atomic E-state index is -0.508. The molecule has 2 aromatic rings. The van der Waals surface area contributed by atoms with Crippen LogP contribution in [0.15, 0.2) is 16.9 Å². The second-order valence-corrected chi connectivity index (χ2v) is 12.3. The molecule has 0 saturated carbocycles. The molecular formula is C26H34B3Cl2N3O5. The van der Waals surface area contributed by atoms with Crippen molar-refractivity contribution in [3.8, 4) is 0 Å². The van der Waals surface area contributed by atoms with Gasteiger partial charge in [-0.05, 0) is 67.6 Å².